The predicted octanol–water partition coefficient (Wildman–Crippen LogP) is 4.12. The third kappa shape index (κ3) is 3.97. The highest BCUT2D eigenvalue weighted by Gasteiger charge is 2.23. The van der Waals surface area contributed by atoms with Crippen LogP contribution >= 0.6 is 0 Å². The van der Waals surface area contributed by atoms with Gasteiger partial charge >= 0.3 is 5.97 Å². The van der Waals surface area contributed by atoms with E-state index in [4.69, 9.17) is 4.42 Å². The van der Waals surface area contributed by atoms with Gasteiger partial charge in [0.25, 0.3) is 0 Å². The molecule has 0 bridgehead atoms. The number of aryl methyl sites for hydroxylation is 1. The zero-order valence-corrected chi connectivity index (χ0v) is 15.8. The molecule has 6 nitrogen and oxygen atoms in total. The summed E-state index contributed by atoms with van der Waals surface area (Å²) in [5.41, 5.74) is 1.96. The van der Waals surface area contributed by atoms with Gasteiger partial charge in [0.2, 0.25) is 0 Å². The number of aromatic nitrogens is 2. The molecule has 1 atom stereocenters. The normalized spacial score (nSPS) is 17.5. The van der Waals surface area contributed by atoms with Crippen LogP contribution in [0.25, 0.3) is 11.3 Å². The average molecular weight is 377 g/mol. The van der Waals surface area contributed by atoms with Gasteiger partial charge in [0.05, 0.1) is 12.1 Å². The van der Waals surface area contributed by atoms with Gasteiger partial charge in [0, 0.05) is 29.9 Å². The number of carbonyl (C=O) groups is 1. The SMILES string of the molecule is Cc1nccc([C@@H]2CCCN(Cc3ccc(-c4ccccc4C(=O)O)o3)C2)n1. The molecule has 1 N–H and O–H groups in total. The summed E-state index contributed by atoms with van der Waals surface area (Å²) in [6, 6.07) is 12.7. The first-order valence-corrected chi connectivity index (χ1v) is 9.53. The molecule has 1 fully saturated rings. The molecule has 2 aromatic heterocycles. The van der Waals surface area contributed by atoms with Crippen molar-refractivity contribution in [3.63, 3.8) is 0 Å². The Hall–Kier alpha value is -2.99. The van der Waals surface area contributed by atoms with Crippen LogP contribution < -0.4 is 0 Å². The molecular formula is C22H23N3O3. The number of piperidine rings is 1. The van der Waals surface area contributed by atoms with Crippen LogP contribution in [0, 0.1) is 6.92 Å². The second-order valence-electron chi connectivity index (χ2n) is 7.22. The lowest BCUT2D eigenvalue weighted by Crippen LogP contribution is -2.34. The van der Waals surface area contributed by atoms with Crippen molar-refractivity contribution in [3.05, 3.63) is 71.5 Å². The van der Waals surface area contributed by atoms with E-state index in [1.165, 1.54) is 0 Å². The lowest BCUT2D eigenvalue weighted by molar-refractivity contribution is 0.0697. The van der Waals surface area contributed by atoms with Crippen molar-refractivity contribution in [2.45, 2.75) is 32.2 Å². The van der Waals surface area contributed by atoms with E-state index in [0.717, 1.165) is 43.2 Å². The fourth-order valence-corrected chi connectivity index (χ4v) is 3.85. The Morgan fingerprint density at radius 2 is 2.11 bits per heavy atom. The number of carboxylic acids is 1. The van der Waals surface area contributed by atoms with Crippen molar-refractivity contribution >= 4 is 5.97 Å². The quantitative estimate of drug-likeness (QED) is 0.720. The Morgan fingerprint density at radius 3 is 2.93 bits per heavy atom. The third-order valence-electron chi connectivity index (χ3n) is 5.19. The van der Waals surface area contributed by atoms with Gasteiger partial charge in [-0.2, -0.15) is 0 Å². The Balaban J connectivity index is 1.48. The molecule has 0 unspecified atom stereocenters. The minimum absolute atomic E-state index is 0.251. The summed E-state index contributed by atoms with van der Waals surface area (Å²) in [5.74, 6) is 1.69. The number of likely N-dealkylation sites (tertiary alicyclic amines) is 1. The fourth-order valence-electron chi connectivity index (χ4n) is 3.85. The van der Waals surface area contributed by atoms with Gasteiger partial charge in [-0.15, -0.1) is 0 Å². The van der Waals surface area contributed by atoms with Gasteiger partial charge in [-0.25, -0.2) is 14.8 Å². The minimum Gasteiger partial charge on any atom is -0.478 e. The van der Waals surface area contributed by atoms with Crippen molar-refractivity contribution in [2.75, 3.05) is 13.1 Å². The van der Waals surface area contributed by atoms with E-state index in [1.807, 2.05) is 37.4 Å². The summed E-state index contributed by atoms with van der Waals surface area (Å²) in [4.78, 5) is 22.6. The standard InChI is InChI=1S/C22H23N3O3/c1-15-23-11-10-20(24-15)16-5-4-12-25(13-16)14-17-8-9-21(28-17)18-6-2-3-7-19(18)22(26)27/h2-3,6-11,16H,4-5,12-14H2,1H3,(H,26,27)/t16-/m1/s1. The van der Waals surface area contributed by atoms with Crippen LogP contribution in [0.3, 0.4) is 0 Å². The van der Waals surface area contributed by atoms with Crippen LogP contribution in [-0.4, -0.2) is 39.0 Å². The zero-order chi connectivity index (χ0) is 19.5. The molecule has 3 aromatic rings. The van der Waals surface area contributed by atoms with E-state index in [0.29, 0.717) is 23.8 Å². The summed E-state index contributed by atoms with van der Waals surface area (Å²) < 4.78 is 5.99. The van der Waals surface area contributed by atoms with Gasteiger partial charge in [-0.05, 0) is 50.6 Å². The monoisotopic (exact) mass is 377 g/mol. The van der Waals surface area contributed by atoms with E-state index >= 15 is 0 Å². The molecule has 1 aliphatic rings. The average Bonchev–Trinajstić information content (AvgIpc) is 3.16. The second-order valence-corrected chi connectivity index (χ2v) is 7.22. The molecule has 1 aromatic carbocycles. The number of carboxylic acid groups (broad SMARTS) is 1. The predicted molar refractivity (Wildman–Crippen MR) is 105 cm³/mol. The maximum Gasteiger partial charge on any atom is 0.336 e. The number of hydrogen-bond acceptors (Lipinski definition) is 5. The lowest BCUT2D eigenvalue weighted by Gasteiger charge is -2.31. The fraction of sp³-hybridized carbons (Fsp3) is 0.318. The van der Waals surface area contributed by atoms with Crippen LogP contribution in [0.1, 0.15) is 46.4 Å². The Bertz CT molecular complexity index is 982. The van der Waals surface area contributed by atoms with Crippen molar-refractivity contribution in [1.29, 1.82) is 0 Å². The highest BCUT2D eigenvalue weighted by molar-refractivity contribution is 5.95. The van der Waals surface area contributed by atoms with E-state index in [-0.39, 0.29) is 5.56 Å². The van der Waals surface area contributed by atoms with Crippen LogP contribution in [0.15, 0.2) is 53.1 Å². The molecule has 3 heterocycles. The molecule has 1 saturated heterocycles. The highest BCUT2D eigenvalue weighted by Crippen LogP contribution is 2.29. The molecule has 0 radical (unpaired) electrons. The van der Waals surface area contributed by atoms with Crippen molar-refractivity contribution in [1.82, 2.24) is 14.9 Å². The van der Waals surface area contributed by atoms with Gasteiger partial charge in [-0.1, -0.05) is 18.2 Å². The van der Waals surface area contributed by atoms with E-state index < -0.39 is 5.97 Å². The molecule has 6 heteroatoms. The molecule has 1 aliphatic heterocycles. The lowest BCUT2D eigenvalue weighted by atomic mass is 9.94. The Morgan fingerprint density at radius 1 is 1.25 bits per heavy atom. The summed E-state index contributed by atoms with van der Waals surface area (Å²) in [6.45, 7) is 4.57. The van der Waals surface area contributed by atoms with E-state index in [9.17, 15) is 9.90 Å². The first-order valence-electron chi connectivity index (χ1n) is 9.53. The van der Waals surface area contributed by atoms with E-state index in [2.05, 4.69) is 14.9 Å². The number of benzene rings is 1. The van der Waals surface area contributed by atoms with Crippen molar-refractivity contribution in [2.24, 2.45) is 0 Å². The minimum atomic E-state index is -0.951. The maximum atomic E-state index is 11.5. The first kappa shape index (κ1) is 18.4. The van der Waals surface area contributed by atoms with E-state index in [1.54, 1.807) is 18.2 Å². The zero-order valence-electron chi connectivity index (χ0n) is 15.8. The third-order valence-corrected chi connectivity index (χ3v) is 5.19. The Kier molecular flexibility index (Phi) is 5.21. The molecule has 0 spiro atoms. The number of nitrogens with zero attached hydrogens (tertiary/aromatic N) is 3. The van der Waals surface area contributed by atoms with Gasteiger partial charge in [0.1, 0.15) is 17.3 Å². The number of aromatic carboxylic acids is 1. The molecule has 144 valence electrons. The van der Waals surface area contributed by atoms with Crippen molar-refractivity contribution < 1.29 is 14.3 Å². The smallest absolute Gasteiger partial charge is 0.336 e. The Labute approximate surface area is 163 Å². The summed E-state index contributed by atoms with van der Waals surface area (Å²) in [6.07, 6.45) is 4.07. The summed E-state index contributed by atoms with van der Waals surface area (Å²) in [5, 5.41) is 9.39. The molecule has 0 aliphatic carbocycles. The van der Waals surface area contributed by atoms with Gasteiger partial charge < -0.3 is 9.52 Å². The number of hydrogen-bond donors (Lipinski definition) is 1. The second kappa shape index (κ2) is 7.94. The van der Waals surface area contributed by atoms with Crippen LogP contribution in [-0.2, 0) is 6.54 Å². The van der Waals surface area contributed by atoms with Gasteiger partial charge in [0.15, 0.2) is 0 Å². The largest absolute Gasteiger partial charge is 0.478 e. The highest BCUT2D eigenvalue weighted by atomic mass is 16.4. The number of furan rings is 1. The topological polar surface area (TPSA) is 79.5 Å². The number of rotatable bonds is 5. The summed E-state index contributed by atoms with van der Waals surface area (Å²) in [7, 11) is 0. The van der Waals surface area contributed by atoms with Gasteiger partial charge in [-0.3, -0.25) is 4.90 Å². The maximum absolute atomic E-state index is 11.5. The first-order chi connectivity index (χ1) is 13.6. The van der Waals surface area contributed by atoms with Crippen LogP contribution in [0.5, 0.6) is 0 Å². The van der Waals surface area contributed by atoms with Crippen molar-refractivity contribution in [3.8, 4) is 11.3 Å². The van der Waals surface area contributed by atoms with Crippen LogP contribution in [0.4, 0.5) is 0 Å². The molecule has 4 rings (SSSR count). The molecule has 0 amide bonds. The van der Waals surface area contributed by atoms with Crippen LogP contribution in [0.2, 0.25) is 0 Å². The molecule has 0 saturated carbocycles. The molecular weight excluding hydrogens is 354 g/mol. The summed E-state index contributed by atoms with van der Waals surface area (Å²) >= 11 is 0. The molecule has 28 heavy (non-hydrogen) atoms.